The van der Waals surface area contributed by atoms with Crippen molar-refractivity contribution in [1.29, 1.82) is 0 Å². The molecule has 2 aliphatic heterocycles. The summed E-state index contributed by atoms with van der Waals surface area (Å²) in [4.78, 5) is 45.5. The Morgan fingerprint density at radius 2 is 1.83 bits per heavy atom. The Morgan fingerprint density at radius 3 is 2.47 bits per heavy atom. The van der Waals surface area contributed by atoms with Gasteiger partial charge >= 0.3 is 5.97 Å². The molecule has 3 heterocycles. The van der Waals surface area contributed by atoms with Crippen LogP contribution in [-0.2, 0) is 19.1 Å². The summed E-state index contributed by atoms with van der Waals surface area (Å²) in [5, 5.41) is 11.4. The van der Waals surface area contributed by atoms with Crippen LogP contribution in [0.5, 0.6) is 0 Å². The molecule has 1 atom stereocenters. The van der Waals surface area contributed by atoms with Crippen LogP contribution < -0.4 is 0 Å². The van der Waals surface area contributed by atoms with Gasteiger partial charge in [-0.25, -0.2) is 4.79 Å². The number of likely N-dealkylation sites (tertiary alicyclic amines) is 1. The van der Waals surface area contributed by atoms with E-state index in [0.29, 0.717) is 48.6 Å². The minimum Gasteiger partial charge on any atom is -0.507 e. The number of ketones is 1. The molecular formula is C26H30BrN3O6. The van der Waals surface area contributed by atoms with Crippen LogP contribution in [0.2, 0.25) is 0 Å². The number of Topliss-reactive ketones (excluding diaryl/α,β-unsaturated/α-hetero) is 1. The predicted octanol–water partition coefficient (Wildman–Crippen LogP) is 3.32. The number of ether oxygens (including phenoxy) is 2. The molecule has 192 valence electrons. The normalized spacial score (nSPS) is 20.2. The van der Waals surface area contributed by atoms with Crippen LogP contribution in [0.1, 0.15) is 45.3 Å². The Balaban J connectivity index is 1.74. The largest absolute Gasteiger partial charge is 0.507 e. The highest BCUT2D eigenvalue weighted by atomic mass is 79.9. The number of aromatic nitrogens is 1. The molecule has 9 nitrogen and oxygen atoms in total. The van der Waals surface area contributed by atoms with Crippen molar-refractivity contribution in [3.05, 3.63) is 62.4 Å². The van der Waals surface area contributed by atoms with E-state index >= 15 is 0 Å². The second-order valence-corrected chi connectivity index (χ2v) is 9.88. The molecule has 0 spiro atoms. The fraction of sp³-hybridized carbons (Fsp3) is 0.423. The Hall–Kier alpha value is -2.95. The molecule has 2 aliphatic rings. The van der Waals surface area contributed by atoms with Gasteiger partial charge in [-0.15, -0.1) is 0 Å². The van der Waals surface area contributed by atoms with Gasteiger partial charge in [0.2, 0.25) is 0 Å². The van der Waals surface area contributed by atoms with E-state index in [1.54, 1.807) is 13.8 Å². The number of aliphatic hydroxyl groups excluding tert-OH is 1. The maximum absolute atomic E-state index is 13.3. The van der Waals surface area contributed by atoms with Gasteiger partial charge < -0.3 is 24.5 Å². The number of nitrogens with one attached hydrogen (secondary N) is 1. The minimum atomic E-state index is -0.752. The molecule has 2 saturated heterocycles. The van der Waals surface area contributed by atoms with E-state index in [2.05, 4.69) is 25.8 Å². The Bertz CT molecular complexity index is 1200. The third kappa shape index (κ3) is 4.98. The van der Waals surface area contributed by atoms with Gasteiger partial charge in [0.15, 0.2) is 0 Å². The number of amides is 1. The summed E-state index contributed by atoms with van der Waals surface area (Å²) < 4.78 is 11.1. The van der Waals surface area contributed by atoms with E-state index in [-0.39, 0.29) is 17.0 Å². The van der Waals surface area contributed by atoms with Crippen LogP contribution in [0.3, 0.4) is 0 Å². The molecule has 2 N–H and O–H groups in total. The first kappa shape index (κ1) is 26.1. The van der Waals surface area contributed by atoms with Gasteiger partial charge in [-0.3, -0.25) is 14.5 Å². The zero-order valence-corrected chi connectivity index (χ0v) is 22.2. The number of halogens is 1. The van der Waals surface area contributed by atoms with E-state index in [1.807, 2.05) is 24.3 Å². The SMILES string of the molecule is COC(=O)c1[nH]c(C)c(/C(O)=C2\C(=O)C(=O)N(CCCN3CCOCC3)[C@@H]2c2ccc(Br)cc2)c1C. The second-order valence-electron chi connectivity index (χ2n) is 8.97. The van der Waals surface area contributed by atoms with Crippen molar-refractivity contribution in [3.63, 3.8) is 0 Å². The van der Waals surface area contributed by atoms with Crippen LogP contribution in [0.4, 0.5) is 0 Å². The highest BCUT2D eigenvalue weighted by Gasteiger charge is 2.46. The number of aliphatic hydroxyl groups is 1. The number of carbonyl (C=O) groups excluding carboxylic acids is 3. The maximum Gasteiger partial charge on any atom is 0.354 e. The van der Waals surface area contributed by atoms with Gasteiger partial charge in [-0.1, -0.05) is 28.1 Å². The van der Waals surface area contributed by atoms with E-state index in [1.165, 1.54) is 12.0 Å². The number of rotatable bonds is 7. The monoisotopic (exact) mass is 559 g/mol. The molecule has 0 radical (unpaired) electrons. The third-order valence-corrected chi connectivity index (χ3v) is 7.30. The summed E-state index contributed by atoms with van der Waals surface area (Å²) in [6.07, 6.45) is 0.675. The second kappa shape index (κ2) is 11.0. The summed E-state index contributed by atoms with van der Waals surface area (Å²) >= 11 is 3.43. The fourth-order valence-electron chi connectivity index (χ4n) is 4.94. The first-order valence-corrected chi connectivity index (χ1v) is 12.7. The number of esters is 1. The number of benzene rings is 1. The van der Waals surface area contributed by atoms with Crippen molar-refractivity contribution in [2.75, 3.05) is 46.5 Å². The van der Waals surface area contributed by atoms with E-state index in [4.69, 9.17) is 9.47 Å². The summed E-state index contributed by atoms with van der Waals surface area (Å²) in [6, 6.07) is 6.59. The number of hydrogen-bond donors (Lipinski definition) is 2. The molecule has 4 rings (SSSR count). The standard InChI is InChI=1S/C26H30BrN3O6/c1-15-19(16(2)28-21(15)26(34)35-3)23(31)20-22(17-5-7-18(27)8-6-17)30(25(33)24(20)32)10-4-9-29-11-13-36-14-12-29/h5-8,22,28,31H,4,9-14H2,1-3H3/b23-20+/t22-/m1/s1. The van der Waals surface area contributed by atoms with Crippen molar-refractivity contribution < 1.29 is 29.0 Å². The highest BCUT2D eigenvalue weighted by Crippen LogP contribution is 2.41. The van der Waals surface area contributed by atoms with E-state index in [9.17, 15) is 19.5 Å². The first-order valence-electron chi connectivity index (χ1n) is 11.9. The molecule has 0 unspecified atom stereocenters. The number of aryl methyl sites for hydroxylation is 1. The molecule has 1 amide bonds. The lowest BCUT2D eigenvalue weighted by Gasteiger charge is -2.29. The summed E-state index contributed by atoms with van der Waals surface area (Å²) in [5.41, 5.74) is 2.18. The van der Waals surface area contributed by atoms with Crippen LogP contribution in [0.25, 0.3) is 5.76 Å². The quantitative estimate of drug-likeness (QED) is 0.231. The van der Waals surface area contributed by atoms with Crippen LogP contribution >= 0.6 is 15.9 Å². The Kier molecular flexibility index (Phi) is 7.97. The molecule has 2 fully saturated rings. The summed E-state index contributed by atoms with van der Waals surface area (Å²) in [7, 11) is 1.27. The average Bonchev–Trinajstić information content (AvgIpc) is 3.31. The van der Waals surface area contributed by atoms with Crippen LogP contribution in [0, 0.1) is 13.8 Å². The van der Waals surface area contributed by atoms with Crippen molar-refractivity contribution >= 4 is 39.3 Å². The minimum absolute atomic E-state index is 0.00955. The molecule has 0 bridgehead atoms. The first-order chi connectivity index (χ1) is 17.2. The number of nitrogens with zero attached hydrogens (tertiary/aromatic N) is 2. The highest BCUT2D eigenvalue weighted by molar-refractivity contribution is 9.10. The summed E-state index contributed by atoms with van der Waals surface area (Å²) in [6.45, 7) is 7.54. The van der Waals surface area contributed by atoms with Gasteiger partial charge in [-0.2, -0.15) is 0 Å². The Labute approximate surface area is 218 Å². The topological polar surface area (TPSA) is 112 Å². The lowest BCUT2D eigenvalue weighted by Crippen LogP contribution is -2.38. The van der Waals surface area contributed by atoms with Gasteiger partial charge in [0, 0.05) is 41.9 Å². The van der Waals surface area contributed by atoms with Crippen molar-refractivity contribution in [3.8, 4) is 0 Å². The van der Waals surface area contributed by atoms with E-state index in [0.717, 1.165) is 24.1 Å². The van der Waals surface area contributed by atoms with Crippen LogP contribution in [-0.4, -0.2) is 84.1 Å². The van der Waals surface area contributed by atoms with Gasteiger partial charge in [0.25, 0.3) is 11.7 Å². The molecular weight excluding hydrogens is 530 g/mol. The molecule has 0 aliphatic carbocycles. The Morgan fingerprint density at radius 1 is 1.17 bits per heavy atom. The van der Waals surface area contributed by atoms with Gasteiger partial charge in [0.1, 0.15) is 11.5 Å². The molecule has 36 heavy (non-hydrogen) atoms. The van der Waals surface area contributed by atoms with Gasteiger partial charge in [0.05, 0.1) is 31.9 Å². The number of aromatic amines is 1. The predicted molar refractivity (Wildman–Crippen MR) is 137 cm³/mol. The number of hydrogen-bond acceptors (Lipinski definition) is 7. The van der Waals surface area contributed by atoms with Gasteiger partial charge in [-0.05, 0) is 43.5 Å². The van der Waals surface area contributed by atoms with Crippen molar-refractivity contribution in [1.82, 2.24) is 14.8 Å². The molecule has 0 saturated carbocycles. The average molecular weight is 560 g/mol. The summed E-state index contributed by atoms with van der Waals surface area (Å²) in [5.74, 6) is -2.28. The molecule has 1 aromatic heterocycles. The van der Waals surface area contributed by atoms with Crippen LogP contribution in [0.15, 0.2) is 34.3 Å². The van der Waals surface area contributed by atoms with Crippen molar-refractivity contribution in [2.24, 2.45) is 0 Å². The number of morpholine rings is 1. The maximum atomic E-state index is 13.3. The smallest absolute Gasteiger partial charge is 0.354 e. The lowest BCUT2D eigenvalue weighted by molar-refractivity contribution is -0.140. The zero-order chi connectivity index (χ0) is 26.0. The number of H-pyrrole nitrogens is 1. The number of methoxy groups -OCH3 is 1. The number of carbonyl (C=O) groups is 3. The molecule has 10 heteroatoms. The molecule has 1 aromatic carbocycles. The van der Waals surface area contributed by atoms with E-state index < -0.39 is 23.7 Å². The lowest BCUT2D eigenvalue weighted by atomic mass is 9.94. The third-order valence-electron chi connectivity index (χ3n) is 6.77. The molecule has 2 aromatic rings. The zero-order valence-electron chi connectivity index (χ0n) is 20.6. The van der Waals surface area contributed by atoms with Crippen molar-refractivity contribution in [2.45, 2.75) is 26.3 Å². The fourth-order valence-corrected chi connectivity index (χ4v) is 5.20.